The van der Waals surface area contributed by atoms with Gasteiger partial charge in [-0.2, -0.15) is 0 Å². The second-order valence-electron chi connectivity index (χ2n) is 7.19. The van der Waals surface area contributed by atoms with Gasteiger partial charge in [0.1, 0.15) is 5.75 Å². The van der Waals surface area contributed by atoms with Crippen LogP contribution in [0.15, 0.2) is 24.3 Å². The molecule has 24 heavy (non-hydrogen) atoms. The lowest BCUT2D eigenvalue weighted by Crippen LogP contribution is -2.54. The molecule has 3 rings (SSSR count). The van der Waals surface area contributed by atoms with Crippen LogP contribution in [0.4, 0.5) is 0 Å². The summed E-state index contributed by atoms with van der Waals surface area (Å²) in [6.45, 7) is 7.78. The van der Waals surface area contributed by atoms with Gasteiger partial charge in [0.05, 0.1) is 12.7 Å². The number of rotatable bonds is 5. The molecule has 0 bridgehead atoms. The Morgan fingerprint density at radius 3 is 2.62 bits per heavy atom. The summed E-state index contributed by atoms with van der Waals surface area (Å²) in [4.78, 5) is 4.93. The van der Waals surface area contributed by atoms with Crippen LogP contribution >= 0.6 is 0 Å². The number of likely N-dealkylation sites (tertiary alicyclic amines) is 2. The molecule has 1 aromatic rings. The third-order valence-electron chi connectivity index (χ3n) is 5.36. The Labute approximate surface area is 146 Å². The molecule has 2 atom stereocenters. The lowest BCUT2D eigenvalue weighted by molar-refractivity contribution is -0.0144. The molecule has 0 aliphatic carbocycles. The fourth-order valence-corrected chi connectivity index (χ4v) is 4.14. The highest BCUT2D eigenvalue weighted by molar-refractivity contribution is 5.28. The first-order valence-electron chi connectivity index (χ1n) is 9.62. The summed E-state index contributed by atoms with van der Waals surface area (Å²) in [6, 6.07) is 8.69. The molecule has 2 saturated heterocycles. The molecular formula is C20H32N2O2. The van der Waals surface area contributed by atoms with Crippen molar-refractivity contribution in [3.63, 3.8) is 0 Å². The number of β-amino-alcohol motifs (C(OH)–C–C–N with tert-alkyl or cyclic N) is 1. The molecule has 0 aromatic heterocycles. The zero-order valence-corrected chi connectivity index (χ0v) is 15.0. The average Bonchev–Trinajstić information content (AvgIpc) is 2.85. The lowest BCUT2D eigenvalue weighted by Gasteiger charge is -2.41. The summed E-state index contributed by atoms with van der Waals surface area (Å²) in [5, 5.41) is 10.7. The SMILES string of the molecule is CCOc1cccc(CN2CC[C@H](N3CCCCCC3)[C@@H](O)C2)c1. The normalized spacial score (nSPS) is 26.9. The van der Waals surface area contributed by atoms with Gasteiger partial charge in [0.15, 0.2) is 0 Å². The number of piperidine rings is 1. The van der Waals surface area contributed by atoms with Crippen molar-refractivity contribution in [1.29, 1.82) is 0 Å². The Bertz CT molecular complexity index is 500. The quantitative estimate of drug-likeness (QED) is 0.899. The van der Waals surface area contributed by atoms with E-state index in [1.165, 1.54) is 31.2 Å². The molecular weight excluding hydrogens is 300 g/mol. The van der Waals surface area contributed by atoms with E-state index in [0.717, 1.165) is 44.9 Å². The van der Waals surface area contributed by atoms with Gasteiger partial charge in [-0.15, -0.1) is 0 Å². The smallest absolute Gasteiger partial charge is 0.119 e. The minimum Gasteiger partial charge on any atom is -0.494 e. The van der Waals surface area contributed by atoms with Crippen LogP contribution in [0.5, 0.6) is 5.75 Å². The fourth-order valence-electron chi connectivity index (χ4n) is 4.14. The number of nitrogens with zero attached hydrogens (tertiary/aromatic N) is 2. The van der Waals surface area contributed by atoms with Crippen molar-refractivity contribution in [3.8, 4) is 5.75 Å². The minimum atomic E-state index is -0.230. The van der Waals surface area contributed by atoms with E-state index < -0.39 is 0 Å². The summed E-state index contributed by atoms with van der Waals surface area (Å²) in [5.41, 5.74) is 1.27. The predicted octanol–water partition coefficient (Wildman–Crippen LogP) is 2.90. The Morgan fingerprint density at radius 2 is 1.92 bits per heavy atom. The standard InChI is InChI=1S/C20H32N2O2/c1-2-24-18-9-7-8-17(14-18)15-21-13-10-19(20(23)16-21)22-11-5-3-4-6-12-22/h7-9,14,19-20,23H,2-6,10-13,15-16H2,1H3/t19-,20-/m0/s1. The highest BCUT2D eigenvalue weighted by Gasteiger charge is 2.32. The van der Waals surface area contributed by atoms with Gasteiger partial charge in [-0.05, 0) is 57.0 Å². The second-order valence-corrected chi connectivity index (χ2v) is 7.19. The van der Waals surface area contributed by atoms with Crippen LogP contribution in [0.3, 0.4) is 0 Å². The number of hydrogen-bond acceptors (Lipinski definition) is 4. The average molecular weight is 332 g/mol. The van der Waals surface area contributed by atoms with E-state index in [4.69, 9.17) is 4.74 Å². The second kappa shape index (κ2) is 8.84. The summed E-state index contributed by atoms with van der Waals surface area (Å²) in [6.07, 6.45) is 6.12. The van der Waals surface area contributed by atoms with Gasteiger partial charge in [0.25, 0.3) is 0 Å². The molecule has 2 aliphatic heterocycles. The highest BCUT2D eigenvalue weighted by atomic mass is 16.5. The minimum absolute atomic E-state index is 0.230. The number of aliphatic hydroxyl groups is 1. The molecule has 0 amide bonds. The number of hydrogen-bond donors (Lipinski definition) is 1. The van der Waals surface area contributed by atoms with Crippen molar-refractivity contribution >= 4 is 0 Å². The van der Waals surface area contributed by atoms with E-state index in [2.05, 4.69) is 28.0 Å². The van der Waals surface area contributed by atoms with Crippen molar-refractivity contribution in [2.75, 3.05) is 32.8 Å². The van der Waals surface area contributed by atoms with E-state index in [0.29, 0.717) is 12.6 Å². The van der Waals surface area contributed by atoms with Crippen LogP contribution in [0.25, 0.3) is 0 Å². The molecule has 4 heteroatoms. The van der Waals surface area contributed by atoms with Crippen molar-refractivity contribution < 1.29 is 9.84 Å². The van der Waals surface area contributed by atoms with Crippen LogP contribution in [-0.4, -0.2) is 59.8 Å². The fraction of sp³-hybridized carbons (Fsp3) is 0.700. The molecule has 1 aromatic carbocycles. The van der Waals surface area contributed by atoms with E-state index in [-0.39, 0.29) is 6.10 Å². The van der Waals surface area contributed by atoms with Crippen LogP contribution in [0.2, 0.25) is 0 Å². The maximum absolute atomic E-state index is 10.7. The first kappa shape index (κ1) is 17.7. The summed E-state index contributed by atoms with van der Waals surface area (Å²) in [5.74, 6) is 0.940. The molecule has 4 nitrogen and oxygen atoms in total. The predicted molar refractivity (Wildman–Crippen MR) is 97.3 cm³/mol. The lowest BCUT2D eigenvalue weighted by atomic mass is 9.99. The first-order valence-corrected chi connectivity index (χ1v) is 9.62. The van der Waals surface area contributed by atoms with Gasteiger partial charge in [0.2, 0.25) is 0 Å². The van der Waals surface area contributed by atoms with Crippen molar-refractivity contribution in [1.82, 2.24) is 9.80 Å². The topological polar surface area (TPSA) is 35.9 Å². The molecule has 0 unspecified atom stereocenters. The van der Waals surface area contributed by atoms with Crippen molar-refractivity contribution in [2.45, 2.75) is 57.7 Å². The van der Waals surface area contributed by atoms with Crippen LogP contribution in [0.1, 0.15) is 44.6 Å². The van der Waals surface area contributed by atoms with E-state index >= 15 is 0 Å². The first-order chi connectivity index (χ1) is 11.8. The third kappa shape index (κ3) is 4.71. The largest absolute Gasteiger partial charge is 0.494 e. The molecule has 2 fully saturated rings. The van der Waals surface area contributed by atoms with Gasteiger partial charge < -0.3 is 9.84 Å². The molecule has 1 N–H and O–H groups in total. The van der Waals surface area contributed by atoms with Gasteiger partial charge in [-0.25, -0.2) is 0 Å². The van der Waals surface area contributed by atoms with Gasteiger partial charge >= 0.3 is 0 Å². The van der Waals surface area contributed by atoms with Crippen molar-refractivity contribution in [3.05, 3.63) is 29.8 Å². The Morgan fingerprint density at radius 1 is 1.12 bits per heavy atom. The zero-order chi connectivity index (χ0) is 16.8. The summed E-state index contributed by atoms with van der Waals surface area (Å²) >= 11 is 0. The van der Waals surface area contributed by atoms with Crippen molar-refractivity contribution in [2.24, 2.45) is 0 Å². The Hall–Kier alpha value is -1.10. The molecule has 0 saturated carbocycles. The van der Waals surface area contributed by atoms with Crippen LogP contribution in [0, 0.1) is 0 Å². The number of aliphatic hydroxyl groups excluding tert-OH is 1. The van der Waals surface area contributed by atoms with E-state index in [9.17, 15) is 5.11 Å². The molecule has 0 spiro atoms. The van der Waals surface area contributed by atoms with E-state index in [1.54, 1.807) is 0 Å². The summed E-state index contributed by atoms with van der Waals surface area (Å²) in [7, 11) is 0. The molecule has 134 valence electrons. The monoisotopic (exact) mass is 332 g/mol. The van der Waals surface area contributed by atoms with Gasteiger partial charge in [-0.3, -0.25) is 9.80 Å². The number of benzene rings is 1. The zero-order valence-electron chi connectivity index (χ0n) is 15.0. The van der Waals surface area contributed by atoms with Crippen LogP contribution < -0.4 is 4.74 Å². The number of ether oxygens (including phenoxy) is 1. The molecule has 2 heterocycles. The van der Waals surface area contributed by atoms with Gasteiger partial charge in [0, 0.05) is 25.7 Å². The third-order valence-corrected chi connectivity index (χ3v) is 5.36. The van der Waals surface area contributed by atoms with Crippen LogP contribution in [-0.2, 0) is 6.54 Å². The maximum Gasteiger partial charge on any atom is 0.119 e. The molecule has 0 radical (unpaired) electrons. The van der Waals surface area contributed by atoms with E-state index in [1.807, 2.05) is 13.0 Å². The Kier molecular flexibility index (Phi) is 6.52. The summed E-state index contributed by atoms with van der Waals surface area (Å²) < 4.78 is 5.59. The molecule has 2 aliphatic rings. The Balaban J connectivity index is 1.54. The highest BCUT2D eigenvalue weighted by Crippen LogP contribution is 2.23. The van der Waals surface area contributed by atoms with Gasteiger partial charge in [-0.1, -0.05) is 25.0 Å². The maximum atomic E-state index is 10.7.